The van der Waals surface area contributed by atoms with E-state index < -0.39 is 0 Å². The summed E-state index contributed by atoms with van der Waals surface area (Å²) in [6.07, 6.45) is 1.20. The van der Waals surface area contributed by atoms with Crippen LogP contribution in [0.3, 0.4) is 0 Å². The van der Waals surface area contributed by atoms with Crippen LogP contribution in [0.4, 0.5) is 0 Å². The summed E-state index contributed by atoms with van der Waals surface area (Å²) in [4.78, 5) is 24.7. The normalized spacial score (nSPS) is 15.4. The number of piperazine rings is 1. The van der Waals surface area contributed by atoms with Gasteiger partial charge in [-0.25, -0.2) is 0 Å². The van der Waals surface area contributed by atoms with E-state index in [2.05, 4.69) is 5.32 Å². The number of hydrogen-bond donors (Lipinski definition) is 1. The lowest BCUT2D eigenvalue weighted by atomic mass is 10.1. The Labute approximate surface area is 107 Å². The highest BCUT2D eigenvalue weighted by atomic mass is 16.2. The molecule has 1 aromatic carbocycles. The molecule has 96 valence electrons. The highest BCUT2D eigenvalue weighted by Gasteiger charge is 2.20. The van der Waals surface area contributed by atoms with Gasteiger partial charge in [0.15, 0.2) is 0 Å². The van der Waals surface area contributed by atoms with Crippen LogP contribution in [0.2, 0.25) is 0 Å². The van der Waals surface area contributed by atoms with Crippen molar-refractivity contribution in [3.63, 3.8) is 0 Å². The van der Waals surface area contributed by atoms with Gasteiger partial charge in [-0.15, -0.1) is 0 Å². The zero-order valence-electron chi connectivity index (χ0n) is 10.6. The van der Waals surface area contributed by atoms with E-state index in [9.17, 15) is 9.59 Å². The monoisotopic (exact) mass is 246 g/mol. The van der Waals surface area contributed by atoms with E-state index in [1.165, 1.54) is 5.56 Å². The van der Waals surface area contributed by atoms with Gasteiger partial charge in [-0.1, -0.05) is 29.8 Å². The van der Waals surface area contributed by atoms with Crippen molar-refractivity contribution in [3.05, 3.63) is 35.4 Å². The zero-order valence-corrected chi connectivity index (χ0v) is 10.6. The molecular formula is C14H18N2O2. The first-order valence-electron chi connectivity index (χ1n) is 6.25. The maximum Gasteiger partial charge on any atom is 0.239 e. The number of nitrogens with one attached hydrogen (secondary N) is 1. The SMILES string of the molecule is Cc1ccc(CCC(=O)N2CCNC(=O)C2)cc1. The third kappa shape index (κ3) is 3.32. The predicted octanol–water partition coefficient (Wildman–Crippen LogP) is 0.886. The summed E-state index contributed by atoms with van der Waals surface area (Å²) in [5, 5.41) is 2.71. The number of carbonyl (C=O) groups excluding carboxylic acids is 2. The second-order valence-corrected chi connectivity index (χ2v) is 4.65. The van der Waals surface area contributed by atoms with Crippen LogP contribution in [0, 0.1) is 6.92 Å². The Morgan fingerprint density at radius 1 is 1.33 bits per heavy atom. The van der Waals surface area contributed by atoms with Crippen LogP contribution in [-0.4, -0.2) is 36.3 Å². The van der Waals surface area contributed by atoms with E-state index in [-0.39, 0.29) is 18.4 Å². The van der Waals surface area contributed by atoms with Gasteiger partial charge < -0.3 is 10.2 Å². The van der Waals surface area contributed by atoms with Gasteiger partial charge >= 0.3 is 0 Å². The number of amides is 2. The lowest BCUT2D eigenvalue weighted by molar-refractivity contribution is -0.138. The largest absolute Gasteiger partial charge is 0.353 e. The number of carbonyl (C=O) groups is 2. The minimum atomic E-state index is -0.0649. The molecule has 1 fully saturated rings. The standard InChI is InChI=1S/C14H18N2O2/c1-11-2-4-12(5-3-11)6-7-14(18)16-9-8-15-13(17)10-16/h2-5H,6-10H2,1H3,(H,15,17). The molecule has 0 aliphatic carbocycles. The first kappa shape index (κ1) is 12.6. The first-order valence-corrected chi connectivity index (χ1v) is 6.25. The lowest BCUT2D eigenvalue weighted by Crippen LogP contribution is -2.50. The van der Waals surface area contributed by atoms with Gasteiger partial charge in [0.2, 0.25) is 11.8 Å². The van der Waals surface area contributed by atoms with Crippen molar-refractivity contribution < 1.29 is 9.59 Å². The zero-order chi connectivity index (χ0) is 13.0. The molecule has 0 saturated carbocycles. The van der Waals surface area contributed by atoms with Crippen molar-refractivity contribution in [2.24, 2.45) is 0 Å². The van der Waals surface area contributed by atoms with Gasteiger partial charge in [0, 0.05) is 19.5 Å². The Kier molecular flexibility index (Phi) is 3.97. The Bertz CT molecular complexity index is 440. The number of aryl methyl sites for hydroxylation is 2. The molecule has 1 aliphatic heterocycles. The van der Waals surface area contributed by atoms with E-state index >= 15 is 0 Å². The van der Waals surface area contributed by atoms with Crippen LogP contribution in [0.1, 0.15) is 17.5 Å². The molecule has 18 heavy (non-hydrogen) atoms. The highest BCUT2D eigenvalue weighted by molar-refractivity contribution is 5.85. The summed E-state index contributed by atoms with van der Waals surface area (Å²) >= 11 is 0. The van der Waals surface area contributed by atoms with Gasteiger partial charge in [0.1, 0.15) is 0 Å². The van der Waals surface area contributed by atoms with Crippen molar-refractivity contribution >= 4 is 11.8 Å². The van der Waals surface area contributed by atoms with E-state index in [0.717, 1.165) is 12.0 Å². The summed E-state index contributed by atoms with van der Waals surface area (Å²) in [6, 6.07) is 8.19. The molecule has 1 heterocycles. The molecule has 1 N–H and O–H groups in total. The summed E-state index contributed by atoms with van der Waals surface area (Å²) in [5.74, 6) is -0.00430. The fourth-order valence-corrected chi connectivity index (χ4v) is 2.02. The Morgan fingerprint density at radius 2 is 2.06 bits per heavy atom. The number of rotatable bonds is 3. The molecular weight excluding hydrogens is 228 g/mol. The third-order valence-corrected chi connectivity index (χ3v) is 3.14. The minimum Gasteiger partial charge on any atom is -0.353 e. The molecule has 0 aromatic heterocycles. The molecule has 1 saturated heterocycles. The van der Waals surface area contributed by atoms with Crippen LogP contribution in [0.15, 0.2) is 24.3 Å². The molecule has 0 bridgehead atoms. The topological polar surface area (TPSA) is 49.4 Å². The molecule has 0 unspecified atom stereocenters. The molecule has 0 spiro atoms. The van der Waals surface area contributed by atoms with Crippen molar-refractivity contribution in [3.8, 4) is 0 Å². The average molecular weight is 246 g/mol. The fourth-order valence-electron chi connectivity index (χ4n) is 2.02. The van der Waals surface area contributed by atoms with Gasteiger partial charge in [-0.3, -0.25) is 9.59 Å². The summed E-state index contributed by atoms with van der Waals surface area (Å²) in [5.41, 5.74) is 2.38. The molecule has 0 radical (unpaired) electrons. The van der Waals surface area contributed by atoms with E-state index in [0.29, 0.717) is 19.5 Å². The van der Waals surface area contributed by atoms with Crippen molar-refractivity contribution in [2.45, 2.75) is 19.8 Å². The van der Waals surface area contributed by atoms with E-state index in [1.807, 2.05) is 31.2 Å². The summed E-state index contributed by atoms with van der Waals surface area (Å²) in [7, 11) is 0. The van der Waals surface area contributed by atoms with Crippen LogP contribution in [0.25, 0.3) is 0 Å². The first-order chi connectivity index (χ1) is 8.65. The van der Waals surface area contributed by atoms with Crippen LogP contribution >= 0.6 is 0 Å². The quantitative estimate of drug-likeness (QED) is 0.861. The summed E-state index contributed by atoms with van der Waals surface area (Å²) < 4.78 is 0. The average Bonchev–Trinajstić information content (AvgIpc) is 2.38. The van der Waals surface area contributed by atoms with Gasteiger partial charge in [-0.05, 0) is 18.9 Å². The molecule has 2 amide bonds. The molecule has 1 aliphatic rings. The fraction of sp³-hybridized carbons (Fsp3) is 0.429. The minimum absolute atomic E-state index is 0.0606. The van der Waals surface area contributed by atoms with Crippen molar-refractivity contribution in [1.82, 2.24) is 10.2 Å². The number of hydrogen-bond acceptors (Lipinski definition) is 2. The Morgan fingerprint density at radius 3 is 2.72 bits per heavy atom. The van der Waals surface area contributed by atoms with Gasteiger partial charge in [-0.2, -0.15) is 0 Å². The summed E-state index contributed by atoms with van der Waals surface area (Å²) in [6.45, 7) is 3.43. The molecule has 1 aromatic rings. The highest BCUT2D eigenvalue weighted by Crippen LogP contribution is 2.07. The second-order valence-electron chi connectivity index (χ2n) is 4.65. The number of nitrogens with zero attached hydrogens (tertiary/aromatic N) is 1. The Hall–Kier alpha value is -1.84. The van der Waals surface area contributed by atoms with Gasteiger partial charge in [0.05, 0.1) is 6.54 Å². The molecule has 2 rings (SSSR count). The second kappa shape index (κ2) is 5.67. The third-order valence-electron chi connectivity index (χ3n) is 3.14. The Balaban J connectivity index is 1.84. The smallest absolute Gasteiger partial charge is 0.239 e. The molecule has 4 nitrogen and oxygen atoms in total. The lowest BCUT2D eigenvalue weighted by Gasteiger charge is -2.26. The maximum absolute atomic E-state index is 11.9. The van der Waals surface area contributed by atoms with Crippen molar-refractivity contribution in [1.29, 1.82) is 0 Å². The molecule has 0 atom stereocenters. The number of benzene rings is 1. The van der Waals surface area contributed by atoms with Crippen LogP contribution < -0.4 is 5.32 Å². The van der Waals surface area contributed by atoms with E-state index in [4.69, 9.17) is 0 Å². The van der Waals surface area contributed by atoms with E-state index in [1.54, 1.807) is 4.90 Å². The van der Waals surface area contributed by atoms with Crippen LogP contribution in [0.5, 0.6) is 0 Å². The maximum atomic E-state index is 11.9. The van der Waals surface area contributed by atoms with Gasteiger partial charge in [0.25, 0.3) is 0 Å². The van der Waals surface area contributed by atoms with Crippen molar-refractivity contribution in [2.75, 3.05) is 19.6 Å². The molecule has 4 heteroatoms. The van der Waals surface area contributed by atoms with Crippen LogP contribution in [-0.2, 0) is 16.0 Å². The predicted molar refractivity (Wildman–Crippen MR) is 69.1 cm³/mol.